The third kappa shape index (κ3) is 3.16. The first kappa shape index (κ1) is 18.8. The van der Waals surface area contributed by atoms with E-state index in [9.17, 15) is 0 Å². The minimum absolute atomic E-state index is 0.280. The van der Waals surface area contributed by atoms with Crippen LogP contribution >= 0.6 is 11.3 Å². The molecule has 0 aliphatic heterocycles. The van der Waals surface area contributed by atoms with E-state index in [1.807, 2.05) is 0 Å². The van der Waals surface area contributed by atoms with Crippen molar-refractivity contribution in [3.8, 4) is 0 Å². The molecule has 0 bridgehead atoms. The van der Waals surface area contributed by atoms with E-state index >= 15 is 0 Å². The summed E-state index contributed by atoms with van der Waals surface area (Å²) in [7, 11) is 0. The second-order valence-electron chi connectivity index (χ2n) is 9.93. The Bertz CT molecular complexity index is 878. The van der Waals surface area contributed by atoms with Gasteiger partial charge < -0.3 is 4.90 Å². The summed E-state index contributed by atoms with van der Waals surface area (Å²) in [5.74, 6) is 0. The molecule has 0 radical (unpaired) electrons. The SMILES string of the molecule is C=C(C)c1ccc(N(c2sc3c(c2C)C(C)(C)CCC3(C)C)C2CC2)cc1. The van der Waals surface area contributed by atoms with Gasteiger partial charge in [-0.1, -0.05) is 52.0 Å². The second-order valence-corrected chi connectivity index (χ2v) is 10.9. The van der Waals surface area contributed by atoms with Crippen LogP contribution in [0.15, 0.2) is 30.8 Å². The van der Waals surface area contributed by atoms with Crippen molar-refractivity contribution in [2.45, 2.75) is 84.1 Å². The fourth-order valence-corrected chi connectivity index (χ4v) is 6.33. The number of fused-ring (bicyclic) bond motifs is 1. The van der Waals surface area contributed by atoms with Crippen molar-refractivity contribution >= 4 is 27.6 Å². The Morgan fingerprint density at radius 2 is 1.63 bits per heavy atom. The molecule has 1 saturated carbocycles. The predicted molar refractivity (Wildman–Crippen MR) is 121 cm³/mol. The molecule has 2 aliphatic rings. The van der Waals surface area contributed by atoms with Crippen LogP contribution in [0.4, 0.5) is 10.7 Å². The molecule has 0 saturated heterocycles. The molecule has 1 aromatic carbocycles. The summed E-state index contributed by atoms with van der Waals surface area (Å²) >= 11 is 2.06. The lowest BCUT2D eigenvalue weighted by Gasteiger charge is -2.39. The maximum Gasteiger partial charge on any atom is 0.0991 e. The van der Waals surface area contributed by atoms with Crippen molar-refractivity contribution < 1.29 is 0 Å². The highest BCUT2D eigenvalue weighted by molar-refractivity contribution is 7.16. The van der Waals surface area contributed by atoms with Gasteiger partial charge in [0.1, 0.15) is 0 Å². The van der Waals surface area contributed by atoms with Crippen LogP contribution in [0.1, 0.15) is 81.9 Å². The number of hydrogen-bond donors (Lipinski definition) is 0. The van der Waals surface area contributed by atoms with Gasteiger partial charge in [0, 0.05) is 16.6 Å². The van der Waals surface area contributed by atoms with Crippen LogP contribution in [-0.4, -0.2) is 6.04 Å². The van der Waals surface area contributed by atoms with Gasteiger partial charge >= 0.3 is 0 Å². The standard InChI is InChI=1S/C25H33NS/c1-16(2)18-8-10-19(11-9-18)26(20-12-13-20)23-17(3)21-22(27-23)25(6,7)15-14-24(21,4)5/h8-11,20H,1,12-15H2,2-7H3. The van der Waals surface area contributed by atoms with Crippen LogP contribution in [0.3, 0.4) is 0 Å². The van der Waals surface area contributed by atoms with E-state index in [1.165, 1.54) is 47.5 Å². The van der Waals surface area contributed by atoms with Gasteiger partial charge in [-0.3, -0.25) is 0 Å². The molecule has 1 fully saturated rings. The minimum Gasteiger partial charge on any atom is -0.330 e. The highest BCUT2D eigenvalue weighted by Crippen LogP contribution is 2.55. The zero-order valence-corrected chi connectivity index (χ0v) is 18.6. The maximum absolute atomic E-state index is 4.08. The maximum atomic E-state index is 4.08. The first-order valence-electron chi connectivity index (χ1n) is 10.3. The van der Waals surface area contributed by atoms with Gasteiger partial charge in [0.2, 0.25) is 0 Å². The molecule has 144 valence electrons. The summed E-state index contributed by atoms with van der Waals surface area (Å²) in [4.78, 5) is 4.25. The Morgan fingerprint density at radius 1 is 1.04 bits per heavy atom. The molecule has 0 amide bonds. The van der Waals surface area contributed by atoms with Gasteiger partial charge in [0.05, 0.1) is 5.00 Å². The Morgan fingerprint density at radius 3 is 2.15 bits per heavy atom. The van der Waals surface area contributed by atoms with E-state index in [-0.39, 0.29) is 10.8 Å². The summed E-state index contributed by atoms with van der Waals surface area (Å²) in [5, 5.41) is 1.48. The fraction of sp³-hybridized carbons (Fsp3) is 0.520. The van der Waals surface area contributed by atoms with Crippen LogP contribution in [0.5, 0.6) is 0 Å². The summed E-state index contributed by atoms with van der Waals surface area (Å²) < 4.78 is 0. The number of hydrogen-bond acceptors (Lipinski definition) is 2. The molecular formula is C25H33NS. The number of allylic oxidation sites excluding steroid dienone is 1. The van der Waals surface area contributed by atoms with E-state index in [2.05, 4.69) is 88.6 Å². The Hall–Kier alpha value is -1.54. The van der Waals surface area contributed by atoms with Crippen LogP contribution in [-0.2, 0) is 10.8 Å². The number of anilines is 2. The van der Waals surface area contributed by atoms with Crippen LogP contribution < -0.4 is 4.90 Å². The van der Waals surface area contributed by atoms with Crippen molar-refractivity contribution in [1.82, 2.24) is 0 Å². The van der Waals surface area contributed by atoms with Gasteiger partial charge in [-0.05, 0) is 79.2 Å². The fourth-order valence-electron chi connectivity index (χ4n) is 4.62. The van der Waals surface area contributed by atoms with Gasteiger partial charge in [0.25, 0.3) is 0 Å². The summed E-state index contributed by atoms with van der Waals surface area (Å²) in [6.07, 6.45) is 5.16. The zero-order chi connectivity index (χ0) is 19.6. The molecule has 27 heavy (non-hydrogen) atoms. The van der Waals surface area contributed by atoms with Crippen molar-refractivity contribution in [3.63, 3.8) is 0 Å². The molecule has 2 aliphatic carbocycles. The number of thiophene rings is 1. The monoisotopic (exact) mass is 379 g/mol. The molecule has 0 N–H and O–H groups in total. The van der Waals surface area contributed by atoms with E-state index in [0.29, 0.717) is 6.04 Å². The van der Waals surface area contributed by atoms with E-state index in [0.717, 1.165) is 5.57 Å². The average Bonchev–Trinajstić information content (AvgIpc) is 3.36. The first-order chi connectivity index (χ1) is 12.6. The molecule has 0 unspecified atom stereocenters. The zero-order valence-electron chi connectivity index (χ0n) is 17.8. The summed E-state index contributed by atoms with van der Waals surface area (Å²) in [5.41, 5.74) is 7.41. The highest BCUT2D eigenvalue weighted by Gasteiger charge is 2.43. The van der Waals surface area contributed by atoms with Crippen LogP contribution in [0, 0.1) is 6.92 Å². The average molecular weight is 380 g/mol. The number of benzene rings is 1. The molecule has 1 aromatic heterocycles. The number of rotatable bonds is 4. The molecule has 1 heterocycles. The molecule has 2 aromatic rings. The van der Waals surface area contributed by atoms with E-state index in [4.69, 9.17) is 0 Å². The van der Waals surface area contributed by atoms with Gasteiger partial charge in [-0.15, -0.1) is 11.3 Å². The van der Waals surface area contributed by atoms with Crippen molar-refractivity contribution in [3.05, 3.63) is 52.4 Å². The molecular weight excluding hydrogens is 346 g/mol. The normalized spacial score (nSPS) is 20.2. The lowest BCUT2D eigenvalue weighted by molar-refractivity contribution is 0.337. The van der Waals surface area contributed by atoms with Gasteiger partial charge in [-0.25, -0.2) is 0 Å². The van der Waals surface area contributed by atoms with Crippen molar-refractivity contribution in [1.29, 1.82) is 0 Å². The molecule has 1 nitrogen and oxygen atoms in total. The van der Waals surface area contributed by atoms with Crippen molar-refractivity contribution in [2.24, 2.45) is 0 Å². The first-order valence-corrected chi connectivity index (χ1v) is 11.1. The second kappa shape index (κ2) is 6.24. The van der Waals surface area contributed by atoms with Crippen LogP contribution in [0.25, 0.3) is 5.57 Å². The molecule has 4 rings (SSSR count). The smallest absolute Gasteiger partial charge is 0.0991 e. The number of nitrogens with zero attached hydrogens (tertiary/aromatic N) is 1. The Balaban J connectivity index is 1.83. The van der Waals surface area contributed by atoms with Gasteiger partial charge in [-0.2, -0.15) is 0 Å². The van der Waals surface area contributed by atoms with Crippen molar-refractivity contribution in [2.75, 3.05) is 4.90 Å². The summed E-state index contributed by atoms with van der Waals surface area (Å²) in [6.45, 7) is 18.3. The highest BCUT2D eigenvalue weighted by atomic mass is 32.1. The topological polar surface area (TPSA) is 3.24 Å². The largest absolute Gasteiger partial charge is 0.330 e. The molecule has 0 spiro atoms. The third-order valence-corrected chi connectivity index (χ3v) is 8.21. The minimum atomic E-state index is 0.280. The Kier molecular flexibility index (Phi) is 4.34. The third-order valence-electron chi connectivity index (χ3n) is 6.56. The van der Waals surface area contributed by atoms with Crippen LogP contribution in [0.2, 0.25) is 0 Å². The lowest BCUT2D eigenvalue weighted by Crippen LogP contribution is -2.32. The Labute approximate surface area is 169 Å². The molecule has 2 heteroatoms. The summed E-state index contributed by atoms with van der Waals surface area (Å²) in [6, 6.07) is 9.69. The predicted octanol–water partition coefficient (Wildman–Crippen LogP) is 7.74. The van der Waals surface area contributed by atoms with Gasteiger partial charge in [0.15, 0.2) is 0 Å². The quantitative estimate of drug-likeness (QED) is 0.525. The van der Waals surface area contributed by atoms with E-state index < -0.39 is 0 Å². The van der Waals surface area contributed by atoms with E-state index in [1.54, 1.807) is 10.4 Å². The molecule has 0 atom stereocenters. The lowest BCUT2D eigenvalue weighted by atomic mass is 9.66.